The second-order valence-corrected chi connectivity index (χ2v) is 5.40. The molecule has 86 valence electrons. The highest BCUT2D eigenvalue weighted by molar-refractivity contribution is 5.32. The van der Waals surface area contributed by atoms with Gasteiger partial charge in [-0.15, -0.1) is 0 Å². The highest BCUT2D eigenvalue weighted by Gasteiger charge is 2.55. The minimum absolute atomic E-state index is 0.150. The van der Waals surface area contributed by atoms with E-state index in [0.29, 0.717) is 5.92 Å². The molecule has 2 aliphatic rings. The molecule has 0 aliphatic heterocycles. The molecule has 1 aromatic rings. The third kappa shape index (κ3) is 1.56. The zero-order valence-electron chi connectivity index (χ0n) is 9.45. The van der Waals surface area contributed by atoms with Crippen molar-refractivity contribution in [2.75, 3.05) is 0 Å². The smallest absolute Gasteiger partial charge is 0.123 e. The van der Waals surface area contributed by atoms with Crippen LogP contribution in [0.1, 0.15) is 37.7 Å². The first-order chi connectivity index (χ1) is 7.70. The van der Waals surface area contributed by atoms with E-state index in [1.165, 1.54) is 37.8 Å². The Kier molecular flexibility index (Phi) is 2.28. The van der Waals surface area contributed by atoms with Gasteiger partial charge in [0.2, 0.25) is 0 Å². The Hall–Kier alpha value is -0.890. The average Bonchev–Trinajstić information content (AvgIpc) is 2.77. The fourth-order valence-corrected chi connectivity index (χ4v) is 3.34. The summed E-state index contributed by atoms with van der Waals surface area (Å²) in [6.07, 6.45) is 6.49. The molecular weight excluding hydrogens is 201 g/mol. The first-order valence-corrected chi connectivity index (χ1v) is 6.25. The molecule has 2 saturated carbocycles. The third-order valence-corrected chi connectivity index (χ3v) is 4.41. The van der Waals surface area contributed by atoms with Crippen molar-refractivity contribution >= 4 is 0 Å². The van der Waals surface area contributed by atoms with E-state index in [1.807, 2.05) is 12.1 Å². The monoisotopic (exact) mass is 219 g/mol. The van der Waals surface area contributed by atoms with E-state index in [9.17, 15) is 4.39 Å². The van der Waals surface area contributed by atoms with Crippen LogP contribution in [-0.2, 0) is 5.54 Å². The van der Waals surface area contributed by atoms with E-state index in [2.05, 4.69) is 0 Å². The van der Waals surface area contributed by atoms with Crippen molar-refractivity contribution in [3.63, 3.8) is 0 Å². The SMILES string of the molecule is NC1(c2ccc(F)cc2)CC1C1CCCC1. The summed E-state index contributed by atoms with van der Waals surface area (Å²) in [4.78, 5) is 0. The van der Waals surface area contributed by atoms with E-state index in [0.717, 1.165) is 17.9 Å². The summed E-state index contributed by atoms with van der Waals surface area (Å²) < 4.78 is 12.9. The molecular formula is C14H18FN. The van der Waals surface area contributed by atoms with Crippen LogP contribution in [0.4, 0.5) is 4.39 Å². The van der Waals surface area contributed by atoms with Crippen molar-refractivity contribution in [3.05, 3.63) is 35.6 Å². The molecule has 0 amide bonds. The average molecular weight is 219 g/mol. The van der Waals surface area contributed by atoms with Crippen LogP contribution in [0.5, 0.6) is 0 Å². The molecule has 1 nitrogen and oxygen atoms in total. The Morgan fingerprint density at radius 3 is 2.38 bits per heavy atom. The predicted molar refractivity (Wildman–Crippen MR) is 62.3 cm³/mol. The summed E-state index contributed by atoms with van der Waals surface area (Å²) in [6, 6.07) is 6.75. The van der Waals surface area contributed by atoms with Crippen molar-refractivity contribution in [1.82, 2.24) is 0 Å². The molecule has 0 saturated heterocycles. The molecule has 2 fully saturated rings. The van der Waals surface area contributed by atoms with Gasteiger partial charge < -0.3 is 5.73 Å². The molecule has 2 heteroatoms. The normalized spacial score (nSPS) is 34.2. The van der Waals surface area contributed by atoms with Crippen LogP contribution in [0.3, 0.4) is 0 Å². The standard InChI is InChI=1S/C14H18FN/c15-12-7-5-11(6-8-12)14(16)9-13(14)10-3-1-2-4-10/h5-8,10,13H,1-4,9,16H2. The minimum Gasteiger partial charge on any atom is -0.321 e. The van der Waals surface area contributed by atoms with Crippen molar-refractivity contribution < 1.29 is 4.39 Å². The van der Waals surface area contributed by atoms with Gasteiger partial charge in [-0.2, -0.15) is 0 Å². The van der Waals surface area contributed by atoms with Gasteiger partial charge in [0, 0.05) is 5.54 Å². The fourth-order valence-electron chi connectivity index (χ4n) is 3.34. The summed E-state index contributed by atoms with van der Waals surface area (Å²) >= 11 is 0. The largest absolute Gasteiger partial charge is 0.321 e. The number of hydrogen-bond acceptors (Lipinski definition) is 1. The maximum absolute atomic E-state index is 12.9. The maximum atomic E-state index is 12.9. The van der Waals surface area contributed by atoms with Crippen LogP contribution in [0.2, 0.25) is 0 Å². The van der Waals surface area contributed by atoms with Gasteiger partial charge in [0.05, 0.1) is 0 Å². The van der Waals surface area contributed by atoms with E-state index in [1.54, 1.807) is 0 Å². The fraction of sp³-hybridized carbons (Fsp3) is 0.571. The summed E-state index contributed by atoms with van der Waals surface area (Å²) in [5.74, 6) is 1.28. The second kappa shape index (κ2) is 3.56. The van der Waals surface area contributed by atoms with Gasteiger partial charge in [-0.3, -0.25) is 0 Å². The lowest BCUT2D eigenvalue weighted by atomic mass is 9.94. The lowest BCUT2D eigenvalue weighted by molar-refractivity contribution is 0.428. The quantitative estimate of drug-likeness (QED) is 0.812. The summed E-state index contributed by atoms with van der Waals surface area (Å²) in [5.41, 5.74) is 7.39. The molecule has 0 bridgehead atoms. The highest BCUT2D eigenvalue weighted by Crippen LogP contribution is 2.57. The first-order valence-electron chi connectivity index (χ1n) is 6.25. The predicted octanol–water partition coefficient (Wildman–Crippen LogP) is 3.19. The van der Waals surface area contributed by atoms with Gasteiger partial charge in [-0.25, -0.2) is 4.39 Å². The summed E-state index contributed by atoms with van der Waals surface area (Å²) in [5, 5.41) is 0. The van der Waals surface area contributed by atoms with Crippen LogP contribution in [-0.4, -0.2) is 0 Å². The number of nitrogens with two attached hydrogens (primary N) is 1. The van der Waals surface area contributed by atoms with Crippen LogP contribution in [0.15, 0.2) is 24.3 Å². The molecule has 2 atom stereocenters. The Morgan fingerprint density at radius 1 is 1.12 bits per heavy atom. The van der Waals surface area contributed by atoms with E-state index in [-0.39, 0.29) is 11.4 Å². The minimum atomic E-state index is -0.176. The van der Waals surface area contributed by atoms with Crippen molar-refractivity contribution in [3.8, 4) is 0 Å². The number of rotatable bonds is 2. The van der Waals surface area contributed by atoms with E-state index >= 15 is 0 Å². The van der Waals surface area contributed by atoms with Gasteiger partial charge in [-0.1, -0.05) is 37.8 Å². The highest BCUT2D eigenvalue weighted by atomic mass is 19.1. The topological polar surface area (TPSA) is 26.0 Å². The zero-order valence-corrected chi connectivity index (χ0v) is 9.45. The van der Waals surface area contributed by atoms with Crippen LogP contribution in [0.25, 0.3) is 0 Å². The molecule has 1 aromatic carbocycles. The number of hydrogen-bond donors (Lipinski definition) is 1. The Bertz CT molecular complexity index is 380. The summed E-state index contributed by atoms with van der Waals surface area (Å²) in [7, 11) is 0. The summed E-state index contributed by atoms with van der Waals surface area (Å²) in [6.45, 7) is 0. The Labute approximate surface area is 95.8 Å². The number of halogens is 1. The molecule has 2 unspecified atom stereocenters. The lowest BCUT2D eigenvalue weighted by Crippen LogP contribution is -2.24. The second-order valence-electron chi connectivity index (χ2n) is 5.40. The molecule has 0 heterocycles. The third-order valence-electron chi connectivity index (χ3n) is 4.41. The molecule has 2 N–H and O–H groups in total. The maximum Gasteiger partial charge on any atom is 0.123 e. The van der Waals surface area contributed by atoms with Gasteiger partial charge in [0.25, 0.3) is 0 Å². The van der Waals surface area contributed by atoms with Crippen LogP contribution < -0.4 is 5.73 Å². The molecule has 0 aromatic heterocycles. The lowest BCUT2D eigenvalue weighted by Gasteiger charge is -2.15. The Balaban J connectivity index is 1.78. The first kappa shape index (κ1) is 10.3. The molecule has 3 rings (SSSR count). The molecule has 0 radical (unpaired) electrons. The van der Waals surface area contributed by atoms with Gasteiger partial charge >= 0.3 is 0 Å². The van der Waals surface area contributed by atoms with Crippen LogP contribution in [0, 0.1) is 17.7 Å². The van der Waals surface area contributed by atoms with Gasteiger partial charge in [0.1, 0.15) is 5.82 Å². The van der Waals surface area contributed by atoms with E-state index in [4.69, 9.17) is 5.73 Å². The zero-order chi connectivity index (χ0) is 11.2. The molecule has 2 aliphatic carbocycles. The van der Waals surface area contributed by atoms with Gasteiger partial charge in [-0.05, 0) is 36.0 Å². The van der Waals surface area contributed by atoms with E-state index < -0.39 is 0 Å². The number of benzene rings is 1. The molecule has 16 heavy (non-hydrogen) atoms. The Morgan fingerprint density at radius 2 is 1.75 bits per heavy atom. The molecule has 0 spiro atoms. The van der Waals surface area contributed by atoms with Crippen LogP contribution >= 0.6 is 0 Å². The van der Waals surface area contributed by atoms with Crippen molar-refractivity contribution in [2.45, 2.75) is 37.6 Å². The van der Waals surface area contributed by atoms with Crippen molar-refractivity contribution in [1.29, 1.82) is 0 Å². The van der Waals surface area contributed by atoms with Crippen molar-refractivity contribution in [2.24, 2.45) is 17.6 Å². The van der Waals surface area contributed by atoms with Gasteiger partial charge in [0.15, 0.2) is 0 Å².